The average molecular weight is 348 g/mol. The van der Waals surface area contributed by atoms with Crippen LogP contribution in [0.3, 0.4) is 0 Å². The van der Waals surface area contributed by atoms with Crippen LogP contribution in [0.15, 0.2) is 24.3 Å². The molecule has 5 heteroatoms. The van der Waals surface area contributed by atoms with Crippen LogP contribution in [0.4, 0.5) is 0 Å². The largest absolute Gasteiger partial charge is 0.466 e. The summed E-state index contributed by atoms with van der Waals surface area (Å²) in [4.78, 5) is 22.8. The van der Waals surface area contributed by atoms with E-state index >= 15 is 0 Å². The third-order valence-corrected chi connectivity index (χ3v) is 3.20. The van der Waals surface area contributed by atoms with Crippen LogP contribution in [0.5, 0.6) is 0 Å². The lowest BCUT2D eigenvalue weighted by molar-refractivity contribution is -0.143. The second kappa shape index (κ2) is 8.33. The van der Waals surface area contributed by atoms with E-state index in [0.717, 1.165) is 18.4 Å². The van der Waals surface area contributed by atoms with Crippen molar-refractivity contribution in [2.75, 3.05) is 6.61 Å². The van der Waals surface area contributed by atoms with Crippen LogP contribution in [0.1, 0.15) is 35.7 Å². The van der Waals surface area contributed by atoms with Crippen molar-refractivity contribution in [1.82, 2.24) is 0 Å². The number of esters is 1. The molecule has 19 heavy (non-hydrogen) atoms. The summed E-state index contributed by atoms with van der Waals surface area (Å²) in [5, 5.41) is 0. The maximum Gasteiger partial charge on any atom is 0.305 e. The summed E-state index contributed by atoms with van der Waals surface area (Å²) in [5.41, 5.74) is 1.66. The van der Waals surface area contributed by atoms with Crippen LogP contribution in [0, 0.1) is 0 Å². The van der Waals surface area contributed by atoms with Gasteiger partial charge in [-0.25, -0.2) is 0 Å². The van der Waals surface area contributed by atoms with Crippen molar-refractivity contribution in [2.24, 2.45) is 0 Å². The summed E-state index contributed by atoms with van der Waals surface area (Å²) in [6.45, 7) is 2.21. The Balaban J connectivity index is 2.44. The molecule has 3 nitrogen and oxygen atoms in total. The highest BCUT2D eigenvalue weighted by Gasteiger charge is 2.13. The molecule has 0 aromatic heterocycles. The smallest absolute Gasteiger partial charge is 0.305 e. The standard InChI is InChI=1S/C14H16BrClO3/c1-2-19-12(17)5-3-4-10-6-8-11(9-7-10)13(18)14(15)16/h6-9,14H,2-5H2,1H3. The molecule has 0 heterocycles. The molecule has 0 saturated heterocycles. The van der Waals surface area contributed by atoms with Gasteiger partial charge in [-0.05, 0) is 25.3 Å². The molecule has 0 saturated carbocycles. The maximum absolute atomic E-state index is 11.6. The van der Waals surface area contributed by atoms with Crippen LogP contribution in [0.25, 0.3) is 0 Å². The molecular weight excluding hydrogens is 332 g/mol. The minimum Gasteiger partial charge on any atom is -0.466 e. The number of Topliss-reactive ketones (excluding diaryl/α,β-unsaturated/α-hetero) is 1. The highest BCUT2D eigenvalue weighted by molar-refractivity contribution is 9.10. The summed E-state index contributed by atoms with van der Waals surface area (Å²) in [6.07, 6.45) is 1.94. The number of aryl methyl sites for hydroxylation is 1. The number of benzene rings is 1. The Bertz CT molecular complexity index is 429. The Morgan fingerprint density at radius 3 is 2.47 bits per heavy atom. The predicted molar refractivity (Wildman–Crippen MR) is 78.9 cm³/mol. The Hall–Kier alpha value is -0.870. The molecule has 0 bridgehead atoms. The number of ether oxygens (including phenoxy) is 1. The van der Waals surface area contributed by atoms with Gasteiger partial charge in [0.05, 0.1) is 6.61 Å². The van der Waals surface area contributed by atoms with Gasteiger partial charge in [0.15, 0.2) is 10.1 Å². The SMILES string of the molecule is CCOC(=O)CCCc1ccc(C(=O)C(Cl)Br)cc1. The fourth-order valence-electron chi connectivity index (χ4n) is 1.63. The Kier molecular flexibility index (Phi) is 7.10. The van der Waals surface area contributed by atoms with E-state index in [1.807, 2.05) is 12.1 Å². The zero-order valence-electron chi connectivity index (χ0n) is 10.7. The van der Waals surface area contributed by atoms with Gasteiger partial charge in [0.1, 0.15) is 0 Å². The second-order valence-electron chi connectivity index (χ2n) is 4.02. The molecule has 1 rings (SSSR count). The summed E-state index contributed by atoms with van der Waals surface area (Å²) in [7, 11) is 0. The van der Waals surface area contributed by atoms with Crippen molar-refractivity contribution in [2.45, 2.75) is 30.5 Å². The van der Waals surface area contributed by atoms with E-state index in [1.165, 1.54) is 0 Å². The molecule has 0 radical (unpaired) electrons. The first-order valence-corrected chi connectivity index (χ1v) is 7.46. The topological polar surface area (TPSA) is 43.4 Å². The minimum atomic E-state index is -0.692. The molecule has 1 aromatic rings. The van der Waals surface area contributed by atoms with Crippen molar-refractivity contribution in [1.29, 1.82) is 0 Å². The van der Waals surface area contributed by atoms with Crippen molar-refractivity contribution in [3.63, 3.8) is 0 Å². The first kappa shape index (κ1) is 16.2. The zero-order valence-corrected chi connectivity index (χ0v) is 13.0. The third-order valence-electron chi connectivity index (χ3n) is 2.59. The van der Waals surface area contributed by atoms with Crippen LogP contribution in [-0.4, -0.2) is 22.6 Å². The third kappa shape index (κ3) is 5.74. The van der Waals surface area contributed by atoms with E-state index in [0.29, 0.717) is 18.6 Å². The molecule has 1 aromatic carbocycles. The first-order chi connectivity index (χ1) is 9.04. The van der Waals surface area contributed by atoms with Crippen molar-refractivity contribution >= 4 is 39.3 Å². The molecule has 104 valence electrons. The summed E-state index contributed by atoms with van der Waals surface area (Å²) in [6, 6.07) is 7.26. The molecule has 0 spiro atoms. The average Bonchev–Trinajstić information content (AvgIpc) is 2.39. The van der Waals surface area contributed by atoms with Gasteiger partial charge in [-0.1, -0.05) is 40.2 Å². The van der Waals surface area contributed by atoms with Gasteiger partial charge >= 0.3 is 5.97 Å². The lowest BCUT2D eigenvalue weighted by Crippen LogP contribution is -2.07. The molecule has 1 atom stereocenters. The Labute approximate surface area is 126 Å². The van der Waals surface area contributed by atoms with Crippen molar-refractivity contribution in [3.8, 4) is 0 Å². The van der Waals surface area contributed by atoms with Crippen LogP contribution < -0.4 is 0 Å². The minimum absolute atomic E-state index is 0.153. The summed E-state index contributed by atoms with van der Waals surface area (Å²) < 4.78 is 4.16. The van der Waals surface area contributed by atoms with Gasteiger partial charge in [0.2, 0.25) is 0 Å². The van der Waals surface area contributed by atoms with Gasteiger partial charge in [-0.3, -0.25) is 9.59 Å². The first-order valence-electron chi connectivity index (χ1n) is 6.11. The van der Waals surface area contributed by atoms with Crippen LogP contribution >= 0.6 is 27.5 Å². The zero-order chi connectivity index (χ0) is 14.3. The normalized spacial score (nSPS) is 11.9. The lowest BCUT2D eigenvalue weighted by Gasteiger charge is -2.04. The summed E-state index contributed by atoms with van der Waals surface area (Å²) in [5.74, 6) is -0.321. The molecule has 0 amide bonds. The molecule has 0 fully saturated rings. The number of hydrogen-bond acceptors (Lipinski definition) is 3. The van der Waals surface area contributed by atoms with Crippen molar-refractivity contribution < 1.29 is 14.3 Å². The van der Waals surface area contributed by atoms with E-state index in [9.17, 15) is 9.59 Å². The Morgan fingerprint density at radius 1 is 1.32 bits per heavy atom. The van der Waals surface area contributed by atoms with Gasteiger partial charge < -0.3 is 4.74 Å². The van der Waals surface area contributed by atoms with E-state index in [1.54, 1.807) is 19.1 Å². The highest BCUT2D eigenvalue weighted by Crippen LogP contribution is 2.15. The van der Waals surface area contributed by atoms with E-state index in [2.05, 4.69) is 15.9 Å². The monoisotopic (exact) mass is 346 g/mol. The number of carbonyl (C=O) groups is 2. The Morgan fingerprint density at radius 2 is 1.95 bits per heavy atom. The van der Waals surface area contributed by atoms with Gasteiger partial charge in [-0.2, -0.15) is 0 Å². The molecule has 0 aliphatic rings. The fourth-order valence-corrected chi connectivity index (χ4v) is 2.02. The van der Waals surface area contributed by atoms with Gasteiger partial charge in [0.25, 0.3) is 0 Å². The quantitative estimate of drug-likeness (QED) is 0.429. The summed E-state index contributed by atoms with van der Waals surface area (Å²) >= 11 is 8.70. The van der Waals surface area contributed by atoms with Gasteiger partial charge in [-0.15, -0.1) is 11.6 Å². The maximum atomic E-state index is 11.6. The number of rotatable bonds is 7. The van der Waals surface area contributed by atoms with E-state index < -0.39 is 4.29 Å². The van der Waals surface area contributed by atoms with Crippen molar-refractivity contribution in [3.05, 3.63) is 35.4 Å². The fraction of sp³-hybridized carbons (Fsp3) is 0.429. The molecule has 0 N–H and O–H groups in total. The number of carbonyl (C=O) groups excluding carboxylic acids is 2. The molecule has 0 aliphatic carbocycles. The number of ketones is 1. The van der Waals surface area contributed by atoms with E-state index in [4.69, 9.17) is 16.3 Å². The number of hydrogen-bond donors (Lipinski definition) is 0. The predicted octanol–water partition coefficient (Wildman–Crippen LogP) is 3.71. The number of alkyl halides is 2. The highest BCUT2D eigenvalue weighted by atomic mass is 79.9. The lowest BCUT2D eigenvalue weighted by atomic mass is 10.0. The van der Waals surface area contributed by atoms with Gasteiger partial charge in [0, 0.05) is 12.0 Å². The molecular formula is C14H16BrClO3. The second-order valence-corrected chi connectivity index (χ2v) is 5.90. The van der Waals surface area contributed by atoms with Crippen LogP contribution in [-0.2, 0) is 16.0 Å². The van der Waals surface area contributed by atoms with E-state index in [-0.39, 0.29) is 11.8 Å². The molecule has 0 aliphatic heterocycles. The van der Waals surface area contributed by atoms with Crippen LogP contribution in [0.2, 0.25) is 0 Å². The number of halogens is 2. The molecule has 1 unspecified atom stereocenters.